The zero-order valence-corrected chi connectivity index (χ0v) is 21.5. The Morgan fingerprint density at radius 3 is 2.49 bits per heavy atom. The number of amides is 2. The van der Waals surface area contributed by atoms with Gasteiger partial charge in [0.1, 0.15) is 12.2 Å². The fourth-order valence-corrected chi connectivity index (χ4v) is 4.17. The third-order valence-corrected chi connectivity index (χ3v) is 5.98. The highest BCUT2D eigenvalue weighted by Crippen LogP contribution is 2.28. The molecule has 4 aromatic rings. The number of para-hydroxylation sites is 1. The van der Waals surface area contributed by atoms with Gasteiger partial charge < -0.3 is 10.6 Å². The van der Waals surface area contributed by atoms with Gasteiger partial charge >= 0.3 is 6.18 Å². The lowest BCUT2D eigenvalue weighted by Gasteiger charge is -2.15. The van der Waals surface area contributed by atoms with E-state index in [4.69, 9.17) is 11.6 Å². The summed E-state index contributed by atoms with van der Waals surface area (Å²) in [5.41, 5.74) is 1.64. The number of alkyl halides is 3. The van der Waals surface area contributed by atoms with Crippen LogP contribution < -0.4 is 10.6 Å². The number of aryl methyl sites for hydroxylation is 1. The third kappa shape index (κ3) is 5.64. The third-order valence-electron chi connectivity index (χ3n) is 5.09. The van der Waals surface area contributed by atoms with Crippen LogP contribution in [0.25, 0.3) is 5.69 Å². The van der Waals surface area contributed by atoms with Crippen molar-refractivity contribution in [3.8, 4) is 5.69 Å². The van der Waals surface area contributed by atoms with Crippen LogP contribution in [0.1, 0.15) is 37.9 Å². The lowest BCUT2D eigenvalue weighted by atomic mass is 10.1. The Kier molecular flexibility index (Phi) is 7.32. The second kappa shape index (κ2) is 10.3. The van der Waals surface area contributed by atoms with Gasteiger partial charge in [-0.15, -0.1) is 10.2 Å². The molecule has 4 rings (SSSR count). The molecule has 0 atom stereocenters. The zero-order chi connectivity index (χ0) is 26.9. The summed E-state index contributed by atoms with van der Waals surface area (Å²) in [6.45, 7) is 1.39. The molecule has 0 aliphatic carbocycles. The average Bonchev–Trinajstić information content (AvgIpc) is 3.48. The first-order chi connectivity index (χ1) is 17.5. The van der Waals surface area contributed by atoms with E-state index >= 15 is 0 Å². The molecular weight excluding hydrogens is 581 g/mol. The van der Waals surface area contributed by atoms with E-state index in [1.807, 2.05) is 0 Å². The van der Waals surface area contributed by atoms with Gasteiger partial charge in [-0.2, -0.15) is 23.1 Å². The fourth-order valence-electron chi connectivity index (χ4n) is 3.45. The van der Waals surface area contributed by atoms with Crippen LogP contribution in [0.2, 0.25) is 5.02 Å². The molecule has 15 heteroatoms. The summed E-state index contributed by atoms with van der Waals surface area (Å²) in [6, 6.07) is 11.3. The number of anilines is 1. The van der Waals surface area contributed by atoms with E-state index in [-0.39, 0.29) is 29.2 Å². The summed E-state index contributed by atoms with van der Waals surface area (Å²) < 4.78 is 40.5. The van der Waals surface area contributed by atoms with E-state index < -0.39 is 23.8 Å². The molecule has 2 amide bonds. The summed E-state index contributed by atoms with van der Waals surface area (Å²) >= 11 is 9.53. The maximum Gasteiger partial charge on any atom is 0.455 e. The van der Waals surface area contributed by atoms with Gasteiger partial charge in [0.2, 0.25) is 0 Å². The summed E-state index contributed by atoms with van der Waals surface area (Å²) in [5, 5.41) is 19.7. The van der Waals surface area contributed by atoms with Gasteiger partial charge in [0.05, 0.1) is 22.6 Å². The number of nitrogens with zero attached hydrogens (tertiary/aromatic N) is 6. The van der Waals surface area contributed by atoms with Gasteiger partial charge in [-0.1, -0.05) is 23.7 Å². The SMILES string of the molecule is CNC(=O)c1cc(Cl)cc(C)c1NC(=O)c1cc(Cn2nnc(C(F)(F)F)n2)nn1-c1ccccc1Br. The molecule has 0 saturated heterocycles. The van der Waals surface area contributed by atoms with E-state index in [9.17, 15) is 22.8 Å². The van der Waals surface area contributed by atoms with Crippen LogP contribution in [0.4, 0.5) is 18.9 Å². The fraction of sp³-hybridized carbons (Fsp3) is 0.182. The van der Waals surface area contributed by atoms with Crippen molar-refractivity contribution in [3.05, 3.63) is 80.3 Å². The Hall–Kier alpha value is -3.78. The lowest BCUT2D eigenvalue weighted by Crippen LogP contribution is -2.23. The average molecular weight is 598 g/mol. The molecule has 2 aromatic carbocycles. The minimum atomic E-state index is -4.75. The zero-order valence-electron chi connectivity index (χ0n) is 19.1. The summed E-state index contributed by atoms with van der Waals surface area (Å²) in [5.74, 6) is -2.48. The molecule has 0 saturated carbocycles. The largest absolute Gasteiger partial charge is 0.455 e. The normalized spacial score (nSPS) is 11.4. The second-order valence-electron chi connectivity index (χ2n) is 7.70. The number of tetrazole rings is 1. The molecule has 10 nitrogen and oxygen atoms in total. The molecule has 0 fully saturated rings. The predicted molar refractivity (Wildman–Crippen MR) is 131 cm³/mol. The Balaban J connectivity index is 1.75. The number of benzene rings is 2. The first kappa shape index (κ1) is 26.3. The van der Waals surface area contributed by atoms with Gasteiger partial charge in [0.15, 0.2) is 0 Å². The minimum Gasteiger partial charge on any atom is -0.355 e. The quantitative estimate of drug-likeness (QED) is 0.343. The van der Waals surface area contributed by atoms with Gasteiger partial charge in [0.25, 0.3) is 17.6 Å². The lowest BCUT2D eigenvalue weighted by molar-refractivity contribution is -0.145. The Morgan fingerprint density at radius 1 is 1.11 bits per heavy atom. The number of carbonyl (C=O) groups excluding carboxylic acids is 2. The molecule has 2 N–H and O–H groups in total. The van der Waals surface area contributed by atoms with Crippen molar-refractivity contribution in [1.82, 2.24) is 35.3 Å². The number of hydrogen-bond acceptors (Lipinski definition) is 6. The second-order valence-corrected chi connectivity index (χ2v) is 8.99. The van der Waals surface area contributed by atoms with Crippen LogP contribution >= 0.6 is 27.5 Å². The van der Waals surface area contributed by atoms with Crippen molar-refractivity contribution in [2.24, 2.45) is 0 Å². The number of aromatic nitrogens is 6. The Morgan fingerprint density at radius 2 is 1.84 bits per heavy atom. The first-order valence-corrected chi connectivity index (χ1v) is 11.7. The van der Waals surface area contributed by atoms with Crippen molar-refractivity contribution in [2.45, 2.75) is 19.6 Å². The smallest absolute Gasteiger partial charge is 0.355 e. The number of hydrogen-bond donors (Lipinski definition) is 2. The van der Waals surface area contributed by atoms with E-state index in [1.165, 1.54) is 23.9 Å². The Labute approximate surface area is 220 Å². The molecule has 2 aromatic heterocycles. The molecule has 0 spiro atoms. The number of nitrogens with one attached hydrogen (secondary N) is 2. The summed E-state index contributed by atoms with van der Waals surface area (Å²) in [4.78, 5) is 26.6. The van der Waals surface area contributed by atoms with Crippen LogP contribution in [0.15, 0.2) is 46.9 Å². The van der Waals surface area contributed by atoms with Crippen LogP contribution in [-0.2, 0) is 12.7 Å². The van der Waals surface area contributed by atoms with E-state index in [0.717, 1.165) is 4.80 Å². The molecule has 192 valence electrons. The van der Waals surface area contributed by atoms with Crippen molar-refractivity contribution < 1.29 is 22.8 Å². The molecular formula is C22H17BrClF3N8O2. The van der Waals surface area contributed by atoms with Gasteiger partial charge in [-0.3, -0.25) is 9.59 Å². The van der Waals surface area contributed by atoms with Crippen molar-refractivity contribution in [1.29, 1.82) is 0 Å². The maximum absolute atomic E-state index is 13.5. The minimum absolute atomic E-state index is 0.0373. The van der Waals surface area contributed by atoms with Crippen LogP contribution in [0.3, 0.4) is 0 Å². The monoisotopic (exact) mass is 596 g/mol. The molecule has 0 unspecified atom stereocenters. The van der Waals surface area contributed by atoms with Gasteiger partial charge in [-0.25, -0.2) is 4.68 Å². The molecule has 0 bridgehead atoms. The van der Waals surface area contributed by atoms with Crippen molar-refractivity contribution in [3.63, 3.8) is 0 Å². The predicted octanol–water partition coefficient (Wildman–Crippen LogP) is 4.26. The van der Waals surface area contributed by atoms with Crippen molar-refractivity contribution in [2.75, 3.05) is 12.4 Å². The summed E-state index contributed by atoms with van der Waals surface area (Å²) in [6.07, 6.45) is -4.75. The molecule has 2 heterocycles. The van der Waals surface area contributed by atoms with Crippen LogP contribution in [-0.4, -0.2) is 48.8 Å². The van der Waals surface area contributed by atoms with Crippen LogP contribution in [0.5, 0.6) is 0 Å². The highest BCUT2D eigenvalue weighted by Gasteiger charge is 2.37. The molecule has 0 aliphatic rings. The molecule has 0 aliphatic heterocycles. The molecule has 0 radical (unpaired) electrons. The first-order valence-electron chi connectivity index (χ1n) is 10.5. The topological polar surface area (TPSA) is 120 Å². The number of carbonyl (C=O) groups is 2. The van der Waals surface area contributed by atoms with Crippen LogP contribution in [0, 0.1) is 6.92 Å². The number of rotatable bonds is 6. The number of halogens is 5. The summed E-state index contributed by atoms with van der Waals surface area (Å²) in [7, 11) is 1.45. The van der Waals surface area contributed by atoms with Crippen molar-refractivity contribution >= 4 is 45.0 Å². The van der Waals surface area contributed by atoms with E-state index in [0.29, 0.717) is 20.7 Å². The Bertz CT molecular complexity index is 1500. The van der Waals surface area contributed by atoms with E-state index in [2.05, 4.69) is 47.1 Å². The van der Waals surface area contributed by atoms with E-state index in [1.54, 1.807) is 37.3 Å². The highest BCUT2D eigenvalue weighted by molar-refractivity contribution is 9.10. The molecule has 37 heavy (non-hydrogen) atoms. The van der Waals surface area contributed by atoms with Gasteiger partial charge in [0, 0.05) is 16.5 Å². The van der Waals surface area contributed by atoms with Gasteiger partial charge in [-0.05, 0) is 64.0 Å². The highest BCUT2D eigenvalue weighted by atomic mass is 79.9. The standard InChI is InChI=1S/C22H17BrClF3N8O2/c1-11-7-12(24)8-14(19(36)28-2)18(11)29-20(37)17-9-13(10-34-32-21(30-33-34)22(25,26)27)31-35(17)16-6-4-3-5-15(16)23/h3-9H,10H2,1-2H3,(H,28,36)(H,29,37). The maximum atomic E-state index is 13.5.